The number of amides is 1. The van der Waals surface area contributed by atoms with Gasteiger partial charge >= 0.3 is 0 Å². The second kappa shape index (κ2) is 8.35. The summed E-state index contributed by atoms with van der Waals surface area (Å²) < 4.78 is 5.92. The number of carbonyl (C=O) groups excluding carboxylic acids is 1. The molecule has 0 radical (unpaired) electrons. The van der Waals surface area contributed by atoms with Gasteiger partial charge in [-0.15, -0.1) is 0 Å². The summed E-state index contributed by atoms with van der Waals surface area (Å²) in [6, 6.07) is 9.18. The third kappa shape index (κ3) is 4.22. The molecule has 1 atom stereocenters. The normalized spacial score (nSPS) is 21.8. The molecule has 1 N–H and O–H groups in total. The van der Waals surface area contributed by atoms with Gasteiger partial charge in [0.15, 0.2) is 5.58 Å². The lowest BCUT2D eigenvalue weighted by molar-refractivity contribution is -0.126. The van der Waals surface area contributed by atoms with Crippen LogP contribution in [0.3, 0.4) is 0 Å². The first kappa shape index (κ1) is 19.0. The van der Waals surface area contributed by atoms with E-state index in [4.69, 9.17) is 4.42 Å². The van der Waals surface area contributed by atoms with Crippen molar-refractivity contribution in [2.75, 3.05) is 37.6 Å². The molecule has 0 unspecified atom stereocenters. The summed E-state index contributed by atoms with van der Waals surface area (Å²) in [7, 11) is 0. The predicted molar refractivity (Wildman–Crippen MR) is 111 cm³/mol. The van der Waals surface area contributed by atoms with Gasteiger partial charge in [-0.2, -0.15) is 4.98 Å². The molecule has 2 saturated heterocycles. The average Bonchev–Trinajstić information content (AvgIpc) is 3.16. The molecule has 150 valence electrons. The second-order valence-electron chi connectivity index (χ2n) is 8.19. The fourth-order valence-corrected chi connectivity index (χ4v) is 4.35. The van der Waals surface area contributed by atoms with Gasteiger partial charge in [0, 0.05) is 32.2 Å². The maximum absolute atomic E-state index is 12.4. The fraction of sp³-hybridized carbons (Fsp3) is 0.545. The van der Waals surface area contributed by atoms with E-state index in [0.717, 1.165) is 74.5 Å². The predicted octanol–water partition coefficient (Wildman–Crippen LogP) is 3.20. The molecule has 2 fully saturated rings. The van der Waals surface area contributed by atoms with Crippen LogP contribution in [-0.2, 0) is 4.79 Å². The molecule has 0 bridgehead atoms. The van der Waals surface area contributed by atoms with E-state index in [0.29, 0.717) is 12.6 Å². The summed E-state index contributed by atoms with van der Waals surface area (Å²) in [5.41, 5.74) is 2.76. The number of fused-ring (bicyclic) bond motifs is 1. The number of likely N-dealkylation sites (tertiary alicyclic amines) is 1. The monoisotopic (exact) mass is 382 g/mol. The zero-order valence-corrected chi connectivity index (χ0v) is 16.7. The molecule has 0 saturated carbocycles. The molecule has 1 aromatic carbocycles. The van der Waals surface area contributed by atoms with Crippen LogP contribution in [0, 0.1) is 5.92 Å². The van der Waals surface area contributed by atoms with Crippen LogP contribution in [-0.4, -0.2) is 54.6 Å². The highest BCUT2D eigenvalue weighted by Gasteiger charge is 2.32. The number of hydrogen-bond acceptors (Lipinski definition) is 5. The van der Waals surface area contributed by atoms with E-state index >= 15 is 0 Å². The highest BCUT2D eigenvalue weighted by molar-refractivity contribution is 5.79. The first-order valence-corrected chi connectivity index (χ1v) is 10.4. The summed E-state index contributed by atoms with van der Waals surface area (Å²) in [4.78, 5) is 21.8. The van der Waals surface area contributed by atoms with E-state index in [1.807, 2.05) is 31.2 Å². The molecular weight excluding hydrogens is 352 g/mol. The van der Waals surface area contributed by atoms with Gasteiger partial charge in [0.05, 0.1) is 5.92 Å². The van der Waals surface area contributed by atoms with Crippen LogP contribution in [0.1, 0.15) is 32.6 Å². The molecule has 1 aromatic heterocycles. The lowest BCUT2D eigenvalue weighted by atomic mass is 9.93. The number of carbonyl (C=O) groups is 1. The number of para-hydroxylation sites is 2. The zero-order chi connectivity index (χ0) is 19.5. The lowest BCUT2D eigenvalue weighted by Crippen LogP contribution is -2.51. The van der Waals surface area contributed by atoms with Crippen LogP contribution >= 0.6 is 0 Å². The Bertz CT molecular complexity index is 805. The Kier molecular flexibility index (Phi) is 5.67. The number of oxazole rings is 1. The van der Waals surface area contributed by atoms with E-state index in [1.54, 1.807) is 0 Å². The first-order valence-electron chi connectivity index (χ1n) is 10.4. The number of benzene rings is 1. The number of piperidine rings is 2. The molecule has 6 heteroatoms. The van der Waals surface area contributed by atoms with Crippen molar-refractivity contribution in [3.63, 3.8) is 0 Å². The Morgan fingerprint density at radius 2 is 2.04 bits per heavy atom. The third-order valence-corrected chi connectivity index (χ3v) is 5.92. The van der Waals surface area contributed by atoms with Gasteiger partial charge in [-0.05, 0) is 51.3 Å². The molecule has 2 aliphatic rings. The van der Waals surface area contributed by atoms with Gasteiger partial charge in [-0.25, -0.2) is 0 Å². The van der Waals surface area contributed by atoms with Gasteiger partial charge in [-0.3, -0.25) is 9.69 Å². The van der Waals surface area contributed by atoms with Gasteiger partial charge < -0.3 is 14.6 Å². The highest BCUT2D eigenvalue weighted by atomic mass is 16.4. The molecule has 0 aliphatic carbocycles. The molecule has 3 heterocycles. The van der Waals surface area contributed by atoms with Crippen molar-refractivity contribution < 1.29 is 9.21 Å². The Morgan fingerprint density at radius 3 is 2.79 bits per heavy atom. The van der Waals surface area contributed by atoms with Crippen molar-refractivity contribution in [3.05, 3.63) is 36.4 Å². The standard InChI is InChI=1S/C22H30N4O2/c1-16(2)14-23-21(27)17-6-5-11-26(15-17)18-9-12-25(13-10-18)22-24-19-7-3-4-8-20(19)28-22/h3-4,7-8,17-18H,1,5-6,9-15H2,2H3,(H,23,27)/t17-/m0/s1. The molecule has 2 aromatic rings. The number of rotatable bonds is 5. The lowest BCUT2D eigenvalue weighted by Gasteiger charge is -2.41. The van der Waals surface area contributed by atoms with Crippen LogP contribution in [0.25, 0.3) is 11.1 Å². The summed E-state index contributed by atoms with van der Waals surface area (Å²) in [5.74, 6) is 0.278. The fourth-order valence-electron chi connectivity index (χ4n) is 4.35. The third-order valence-electron chi connectivity index (χ3n) is 5.92. The summed E-state index contributed by atoms with van der Waals surface area (Å²) in [6.45, 7) is 10.2. The van der Waals surface area contributed by atoms with Crippen molar-refractivity contribution in [1.82, 2.24) is 15.2 Å². The Balaban J connectivity index is 1.31. The largest absolute Gasteiger partial charge is 0.423 e. The average molecular weight is 383 g/mol. The van der Waals surface area contributed by atoms with Gasteiger partial charge in [0.1, 0.15) is 5.52 Å². The van der Waals surface area contributed by atoms with Crippen LogP contribution in [0.15, 0.2) is 40.8 Å². The van der Waals surface area contributed by atoms with Gasteiger partial charge in [0.2, 0.25) is 5.91 Å². The quantitative estimate of drug-likeness (QED) is 0.805. The van der Waals surface area contributed by atoms with Crippen LogP contribution in [0.4, 0.5) is 6.01 Å². The van der Waals surface area contributed by atoms with E-state index in [9.17, 15) is 4.79 Å². The second-order valence-corrected chi connectivity index (χ2v) is 8.19. The number of hydrogen-bond donors (Lipinski definition) is 1. The molecule has 1 amide bonds. The number of nitrogens with zero attached hydrogens (tertiary/aromatic N) is 3. The highest BCUT2D eigenvalue weighted by Crippen LogP contribution is 2.28. The molecule has 2 aliphatic heterocycles. The van der Waals surface area contributed by atoms with Crippen molar-refractivity contribution in [2.45, 2.75) is 38.6 Å². The minimum absolute atomic E-state index is 0.100. The van der Waals surface area contributed by atoms with Crippen molar-refractivity contribution >= 4 is 23.0 Å². The minimum atomic E-state index is 0.100. The van der Waals surface area contributed by atoms with Crippen molar-refractivity contribution in [3.8, 4) is 0 Å². The van der Waals surface area contributed by atoms with E-state index in [1.165, 1.54) is 0 Å². The maximum Gasteiger partial charge on any atom is 0.298 e. The number of anilines is 1. The summed E-state index contributed by atoms with van der Waals surface area (Å²) >= 11 is 0. The van der Waals surface area contributed by atoms with Crippen molar-refractivity contribution in [2.24, 2.45) is 5.92 Å². The Labute approximate surface area is 166 Å². The van der Waals surface area contributed by atoms with Gasteiger partial charge in [-0.1, -0.05) is 24.3 Å². The Morgan fingerprint density at radius 1 is 1.25 bits per heavy atom. The number of nitrogens with one attached hydrogen (secondary N) is 1. The Hall–Kier alpha value is -2.34. The SMILES string of the molecule is C=C(C)CNC(=O)[C@H]1CCCN(C2CCN(c3nc4ccccc4o3)CC2)C1. The first-order chi connectivity index (χ1) is 13.6. The van der Waals surface area contributed by atoms with Crippen LogP contribution in [0.2, 0.25) is 0 Å². The summed E-state index contributed by atoms with van der Waals surface area (Å²) in [5, 5.41) is 3.02. The number of aromatic nitrogens is 1. The van der Waals surface area contributed by atoms with Crippen molar-refractivity contribution in [1.29, 1.82) is 0 Å². The van der Waals surface area contributed by atoms with Crippen LogP contribution in [0.5, 0.6) is 0 Å². The van der Waals surface area contributed by atoms with E-state index < -0.39 is 0 Å². The molecular formula is C22H30N4O2. The topological polar surface area (TPSA) is 61.6 Å². The van der Waals surface area contributed by atoms with Gasteiger partial charge in [0.25, 0.3) is 6.01 Å². The molecule has 6 nitrogen and oxygen atoms in total. The smallest absolute Gasteiger partial charge is 0.298 e. The minimum Gasteiger partial charge on any atom is -0.423 e. The summed E-state index contributed by atoms with van der Waals surface area (Å²) in [6.07, 6.45) is 4.24. The van der Waals surface area contributed by atoms with Crippen LogP contribution < -0.4 is 10.2 Å². The maximum atomic E-state index is 12.4. The molecule has 28 heavy (non-hydrogen) atoms. The van der Waals surface area contributed by atoms with E-state index in [2.05, 4.69) is 26.7 Å². The molecule has 0 spiro atoms. The van der Waals surface area contributed by atoms with E-state index in [-0.39, 0.29) is 11.8 Å². The molecule has 4 rings (SSSR count). The zero-order valence-electron chi connectivity index (χ0n) is 16.7.